The quantitative estimate of drug-likeness (QED) is 0.747. The van der Waals surface area contributed by atoms with E-state index >= 15 is 0 Å². The van der Waals surface area contributed by atoms with Crippen LogP contribution in [-0.4, -0.2) is 23.5 Å². The molecular weight excluding hydrogens is 202 g/mol. The molecule has 0 saturated carbocycles. The standard InChI is InChI=1S/C12H15N3O/c1-4-9(3)15-10-6-7-14-11(8-10)12(16)13-5-2/h1,6-9H,5H2,2-3H3,(H,13,16)(H,14,15). The summed E-state index contributed by atoms with van der Waals surface area (Å²) >= 11 is 0. The van der Waals surface area contributed by atoms with Gasteiger partial charge in [0.1, 0.15) is 5.69 Å². The highest BCUT2D eigenvalue weighted by atomic mass is 16.1. The lowest BCUT2D eigenvalue weighted by Gasteiger charge is -2.09. The van der Waals surface area contributed by atoms with E-state index in [0.717, 1.165) is 5.69 Å². The van der Waals surface area contributed by atoms with Crippen LogP contribution < -0.4 is 10.6 Å². The van der Waals surface area contributed by atoms with Crippen molar-refractivity contribution in [3.05, 3.63) is 24.0 Å². The van der Waals surface area contributed by atoms with Gasteiger partial charge in [0.2, 0.25) is 0 Å². The van der Waals surface area contributed by atoms with Crippen molar-refractivity contribution in [3.8, 4) is 12.3 Å². The van der Waals surface area contributed by atoms with E-state index in [1.165, 1.54) is 0 Å². The van der Waals surface area contributed by atoms with E-state index in [4.69, 9.17) is 6.42 Å². The molecule has 1 rings (SSSR count). The van der Waals surface area contributed by atoms with E-state index in [2.05, 4.69) is 21.5 Å². The minimum Gasteiger partial charge on any atom is -0.372 e. The Morgan fingerprint density at radius 3 is 3.06 bits per heavy atom. The molecule has 0 saturated heterocycles. The van der Waals surface area contributed by atoms with Gasteiger partial charge in [0.15, 0.2) is 0 Å². The molecule has 1 aromatic rings. The molecule has 1 aromatic heterocycles. The van der Waals surface area contributed by atoms with Gasteiger partial charge in [0.05, 0.1) is 6.04 Å². The average molecular weight is 217 g/mol. The Labute approximate surface area is 95.5 Å². The molecule has 0 radical (unpaired) electrons. The van der Waals surface area contributed by atoms with Crippen molar-refractivity contribution in [2.45, 2.75) is 19.9 Å². The van der Waals surface area contributed by atoms with Crippen molar-refractivity contribution < 1.29 is 4.79 Å². The molecule has 84 valence electrons. The Bertz CT molecular complexity index is 409. The molecule has 4 nitrogen and oxygen atoms in total. The van der Waals surface area contributed by atoms with E-state index in [9.17, 15) is 4.79 Å². The van der Waals surface area contributed by atoms with Crippen LogP contribution in [0.3, 0.4) is 0 Å². The van der Waals surface area contributed by atoms with Crippen LogP contribution in [0.1, 0.15) is 24.3 Å². The number of terminal acetylenes is 1. The van der Waals surface area contributed by atoms with Gasteiger partial charge >= 0.3 is 0 Å². The molecule has 16 heavy (non-hydrogen) atoms. The predicted octanol–water partition coefficient (Wildman–Crippen LogP) is 1.26. The summed E-state index contributed by atoms with van der Waals surface area (Å²) in [6.07, 6.45) is 6.84. The van der Waals surface area contributed by atoms with Crippen LogP contribution in [0.4, 0.5) is 5.69 Å². The van der Waals surface area contributed by atoms with Crippen LogP contribution >= 0.6 is 0 Å². The summed E-state index contributed by atoms with van der Waals surface area (Å²) in [7, 11) is 0. The number of hydrogen-bond acceptors (Lipinski definition) is 3. The third-order valence-electron chi connectivity index (χ3n) is 1.96. The van der Waals surface area contributed by atoms with E-state index in [1.54, 1.807) is 18.3 Å². The lowest BCUT2D eigenvalue weighted by atomic mass is 10.2. The minimum absolute atomic E-state index is 0.0792. The van der Waals surface area contributed by atoms with Crippen LogP contribution in [0.15, 0.2) is 18.3 Å². The molecule has 0 aromatic carbocycles. The monoisotopic (exact) mass is 217 g/mol. The first-order chi connectivity index (χ1) is 7.67. The molecule has 0 aliphatic rings. The number of rotatable bonds is 4. The Morgan fingerprint density at radius 2 is 2.44 bits per heavy atom. The number of amides is 1. The van der Waals surface area contributed by atoms with Crippen LogP contribution in [0, 0.1) is 12.3 Å². The summed E-state index contributed by atoms with van der Waals surface area (Å²) in [5.41, 5.74) is 1.18. The highest BCUT2D eigenvalue weighted by Crippen LogP contribution is 2.09. The molecule has 0 aliphatic carbocycles. The summed E-state index contributed by atoms with van der Waals surface area (Å²) < 4.78 is 0. The smallest absolute Gasteiger partial charge is 0.269 e. The Morgan fingerprint density at radius 1 is 1.69 bits per heavy atom. The largest absolute Gasteiger partial charge is 0.372 e. The van der Waals surface area contributed by atoms with Crippen molar-refractivity contribution in [1.82, 2.24) is 10.3 Å². The van der Waals surface area contributed by atoms with E-state index in [-0.39, 0.29) is 11.9 Å². The number of carbonyl (C=O) groups excluding carboxylic acids is 1. The maximum Gasteiger partial charge on any atom is 0.269 e. The van der Waals surface area contributed by atoms with Crippen molar-refractivity contribution in [2.75, 3.05) is 11.9 Å². The molecule has 0 aliphatic heterocycles. The number of carbonyl (C=O) groups is 1. The second-order valence-corrected chi connectivity index (χ2v) is 3.32. The molecule has 1 unspecified atom stereocenters. The van der Waals surface area contributed by atoms with Gasteiger partial charge in [-0.3, -0.25) is 9.78 Å². The van der Waals surface area contributed by atoms with Gasteiger partial charge in [-0.1, -0.05) is 5.92 Å². The molecule has 1 amide bonds. The molecule has 0 bridgehead atoms. The maximum atomic E-state index is 11.5. The predicted molar refractivity (Wildman–Crippen MR) is 64.2 cm³/mol. The van der Waals surface area contributed by atoms with Gasteiger partial charge in [-0.05, 0) is 26.0 Å². The Kier molecular flexibility index (Phi) is 4.34. The summed E-state index contributed by atoms with van der Waals surface area (Å²) in [5.74, 6) is 2.37. The van der Waals surface area contributed by atoms with Gasteiger partial charge < -0.3 is 10.6 Å². The van der Waals surface area contributed by atoms with Crippen LogP contribution in [0.5, 0.6) is 0 Å². The van der Waals surface area contributed by atoms with Crippen molar-refractivity contribution in [1.29, 1.82) is 0 Å². The fourth-order valence-electron chi connectivity index (χ4n) is 1.19. The number of anilines is 1. The van der Waals surface area contributed by atoms with Crippen molar-refractivity contribution in [2.24, 2.45) is 0 Å². The third-order valence-corrected chi connectivity index (χ3v) is 1.96. The molecule has 1 heterocycles. The SMILES string of the molecule is C#CC(C)Nc1ccnc(C(=O)NCC)c1. The summed E-state index contributed by atoms with van der Waals surface area (Å²) in [5, 5.41) is 5.76. The van der Waals surface area contributed by atoms with Gasteiger partial charge in [-0.15, -0.1) is 6.42 Å². The third kappa shape index (κ3) is 3.28. The summed E-state index contributed by atoms with van der Waals surface area (Å²) in [6.45, 7) is 4.31. The molecule has 0 spiro atoms. The average Bonchev–Trinajstić information content (AvgIpc) is 2.29. The second kappa shape index (κ2) is 5.76. The van der Waals surface area contributed by atoms with E-state index in [0.29, 0.717) is 12.2 Å². The maximum absolute atomic E-state index is 11.5. The van der Waals surface area contributed by atoms with E-state index < -0.39 is 0 Å². The number of nitrogens with one attached hydrogen (secondary N) is 2. The summed E-state index contributed by atoms with van der Waals surface area (Å²) in [4.78, 5) is 15.5. The highest BCUT2D eigenvalue weighted by molar-refractivity contribution is 5.93. The minimum atomic E-state index is -0.181. The van der Waals surface area contributed by atoms with Crippen molar-refractivity contribution in [3.63, 3.8) is 0 Å². The zero-order valence-corrected chi connectivity index (χ0v) is 9.45. The van der Waals surface area contributed by atoms with Gasteiger partial charge in [0, 0.05) is 18.4 Å². The first kappa shape index (κ1) is 12.1. The van der Waals surface area contributed by atoms with Gasteiger partial charge in [0.25, 0.3) is 5.91 Å². The molecule has 1 atom stereocenters. The normalized spacial score (nSPS) is 11.3. The zero-order chi connectivity index (χ0) is 12.0. The van der Waals surface area contributed by atoms with Gasteiger partial charge in [-0.2, -0.15) is 0 Å². The molecule has 4 heteroatoms. The number of pyridine rings is 1. The summed E-state index contributed by atoms with van der Waals surface area (Å²) in [6, 6.07) is 3.37. The number of hydrogen-bond donors (Lipinski definition) is 2. The highest BCUT2D eigenvalue weighted by Gasteiger charge is 2.06. The zero-order valence-electron chi connectivity index (χ0n) is 9.45. The Balaban J connectivity index is 2.79. The molecular formula is C12H15N3O. The van der Waals surface area contributed by atoms with E-state index in [1.807, 2.05) is 13.8 Å². The fraction of sp³-hybridized carbons (Fsp3) is 0.333. The van der Waals surface area contributed by atoms with Crippen LogP contribution in [0.2, 0.25) is 0 Å². The van der Waals surface area contributed by atoms with Crippen LogP contribution in [-0.2, 0) is 0 Å². The lowest BCUT2D eigenvalue weighted by molar-refractivity contribution is 0.0951. The molecule has 0 fully saturated rings. The topological polar surface area (TPSA) is 54.0 Å². The fourth-order valence-corrected chi connectivity index (χ4v) is 1.19. The first-order valence-electron chi connectivity index (χ1n) is 5.14. The second-order valence-electron chi connectivity index (χ2n) is 3.32. The lowest BCUT2D eigenvalue weighted by Crippen LogP contribution is -2.24. The van der Waals surface area contributed by atoms with Gasteiger partial charge in [-0.25, -0.2) is 0 Å². The molecule has 2 N–H and O–H groups in total. The number of aromatic nitrogens is 1. The Hall–Kier alpha value is -2.02. The van der Waals surface area contributed by atoms with Crippen LogP contribution in [0.25, 0.3) is 0 Å². The first-order valence-corrected chi connectivity index (χ1v) is 5.14. The van der Waals surface area contributed by atoms with Crippen molar-refractivity contribution >= 4 is 11.6 Å². The number of nitrogens with zero attached hydrogens (tertiary/aromatic N) is 1.